The molecule has 0 aliphatic rings. The molecule has 180 valence electrons. The maximum atomic E-state index is 12.9. The summed E-state index contributed by atoms with van der Waals surface area (Å²) in [6.07, 6.45) is 1.57. The van der Waals surface area contributed by atoms with E-state index in [2.05, 4.69) is 5.32 Å². The molecular weight excluding hydrogens is 442 g/mol. The number of carbonyl (C=O) groups is 1. The van der Waals surface area contributed by atoms with Crippen molar-refractivity contribution in [3.05, 3.63) is 96.4 Å². The van der Waals surface area contributed by atoms with Crippen LogP contribution in [0.1, 0.15) is 16.1 Å². The summed E-state index contributed by atoms with van der Waals surface area (Å²) < 4.78 is 17.5. The molecule has 1 aromatic heterocycles. The molecule has 3 aromatic carbocycles. The van der Waals surface area contributed by atoms with Crippen LogP contribution in [0.2, 0.25) is 0 Å². The summed E-state index contributed by atoms with van der Waals surface area (Å²) in [5.74, 6) is 2.71. The maximum Gasteiger partial charge on any atom is 0.251 e. The van der Waals surface area contributed by atoms with Gasteiger partial charge in [-0.15, -0.1) is 0 Å². The Hall–Kier alpha value is -4.39. The molecule has 0 radical (unpaired) electrons. The van der Waals surface area contributed by atoms with Gasteiger partial charge in [0.05, 0.1) is 12.8 Å². The highest BCUT2D eigenvalue weighted by molar-refractivity contribution is 5.95. The zero-order valence-corrected chi connectivity index (χ0v) is 20.3. The van der Waals surface area contributed by atoms with Gasteiger partial charge in [0, 0.05) is 51.2 Å². The van der Waals surface area contributed by atoms with E-state index in [4.69, 9.17) is 13.9 Å². The summed E-state index contributed by atoms with van der Waals surface area (Å²) in [6.45, 7) is 0.283. The molecule has 0 saturated heterocycles. The molecule has 1 heterocycles. The molecule has 0 atom stereocenters. The highest BCUT2D eigenvalue weighted by Crippen LogP contribution is 2.32. The molecule has 7 heteroatoms. The number of carbonyl (C=O) groups excluding carboxylic acids is 1. The first-order valence-corrected chi connectivity index (χ1v) is 11.2. The van der Waals surface area contributed by atoms with Gasteiger partial charge in [-0.25, -0.2) is 0 Å². The lowest BCUT2D eigenvalue weighted by atomic mass is 10.1. The van der Waals surface area contributed by atoms with Gasteiger partial charge in [-0.3, -0.25) is 4.79 Å². The first-order chi connectivity index (χ1) is 16.9. The van der Waals surface area contributed by atoms with Gasteiger partial charge in [-0.05, 0) is 72.8 Å². The number of nitrogens with one attached hydrogen (secondary N) is 1. The van der Waals surface area contributed by atoms with E-state index in [1.807, 2.05) is 92.6 Å². The predicted octanol–water partition coefficient (Wildman–Crippen LogP) is 5.93. The molecule has 0 saturated carbocycles. The number of rotatable bonds is 9. The summed E-state index contributed by atoms with van der Waals surface area (Å²) in [4.78, 5) is 16.9. The SMILES string of the molecule is CN(C)c1ccc(Oc2cc(Oc3ccc(N(C)C)cc3)cc(C(=O)NCc3ccco3)c2)cc1. The highest BCUT2D eigenvalue weighted by atomic mass is 16.5. The van der Waals surface area contributed by atoms with E-state index in [9.17, 15) is 4.79 Å². The standard InChI is InChI=1S/C28H29N3O4/c1-30(2)21-7-11-23(12-8-21)34-26-16-20(28(32)29-19-25-6-5-15-33-25)17-27(18-26)35-24-13-9-22(10-14-24)31(3)4/h5-18H,19H2,1-4H3,(H,29,32). The van der Waals surface area contributed by atoms with Crippen LogP contribution in [0.25, 0.3) is 0 Å². The zero-order valence-electron chi connectivity index (χ0n) is 20.3. The third-order valence-corrected chi connectivity index (χ3v) is 5.32. The van der Waals surface area contributed by atoms with Crippen LogP contribution in [0.5, 0.6) is 23.0 Å². The minimum absolute atomic E-state index is 0.261. The Bertz CT molecular complexity index is 1180. The van der Waals surface area contributed by atoms with Crippen molar-refractivity contribution in [2.45, 2.75) is 6.54 Å². The summed E-state index contributed by atoms with van der Waals surface area (Å²) >= 11 is 0. The molecule has 1 amide bonds. The molecule has 0 fully saturated rings. The van der Waals surface area contributed by atoms with Crippen LogP contribution in [0, 0.1) is 0 Å². The van der Waals surface area contributed by atoms with Crippen LogP contribution < -0.4 is 24.6 Å². The lowest BCUT2D eigenvalue weighted by Gasteiger charge is -2.15. The lowest BCUT2D eigenvalue weighted by molar-refractivity contribution is 0.0947. The van der Waals surface area contributed by atoms with Gasteiger partial charge in [0.2, 0.25) is 0 Å². The molecule has 0 bridgehead atoms. The molecule has 0 aliphatic carbocycles. The van der Waals surface area contributed by atoms with Gasteiger partial charge in [0.1, 0.15) is 28.8 Å². The summed E-state index contributed by atoms with van der Waals surface area (Å²) in [5, 5.41) is 2.87. The second-order valence-electron chi connectivity index (χ2n) is 8.44. The first kappa shape index (κ1) is 23.8. The maximum absolute atomic E-state index is 12.9. The van der Waals surface area contributed by atoms with Crippen LogP contribution in [0.15, 0.2) is 89.5 Å². The third-order valence-electron chi connectivity index (χ3n) is 5.32. The number of amides is 1. The first-order valence-electron chi connectivity index (χ1n) is 11.2. The van der Waals surface area contributed by atoms with Crippen LogP contribution in [0.3, 0.4) is 0 Å². The van der Waals surface area contributed by atoms with Crippen LogP contribution in [-0.4, -0.2) is 34.1 Å². The van der Waals surface area contributed by atoms with Gasteiger partial charge < -0.3 is 29.0 Å². The van der Waals surface area contributed by atoms with E-state index >= 15 is 0 Å². The second-order valence-corrected chi connectivity index (χ2v) is 8.44. The summed E-state index contributed by atoms with van der Waals surface area (Å²) in [6, 6.07) is 24.2. The van der Waals surface area contributed by atoms with E-state index in [1.54, 1.807) is 30.5 Å². The number of anilines is 2. The Morgan fingerprint density at radius 2 is 1.26 bits per heavy atom. The lowest BCUT2D eigenvalue weighted by Crippen LogP contribution is -2.22. The normalized spacial score (nSPS) is 10.5. The second kappa shape index (κ2) is 10.7. The van der Waals surface area contributed by atoms with Crippen molar-refractivity contribution in [1.82, 2.24) is 5.32 Å². The van der Waals surface area contributed by atoms with Gasteiger partial charge in [-0.2, -0.15) is 0 Å². The van der Waals surface area contributed by atoms with Crippen molar-refractivity contribution in [2.24, 2.45) is 0 Å². The Balaban J connectivity index is 1.58. The van der Waals surface area contributed by atoms with Crippen molar-refractivity contribution >= 4 is 17.3 Å². The van der Waals surface area contributed by atoms with Gasteiger partial charge in [0.25, 0.3) is 5.91 Å². The van der Waals surface area contributed by atoms with Gasteiger partial charge in [0.15, 0.2) is 0 Å². The number of hydrogen-bond acceptors (Lipinski definition) is 6. The van der Waals surface area contributed by atoms with Crippen molar-refractivity contribution in [3.63, 3.8) is 0 Å². The Labute approximate surface area is 205 Å². The fourth-order valence-electron chi connectivity index (χ4n) is 3.40. The molecule has 7 nitrogen and oxygen atoms in total. The smallest absolute Gasteiger partial charge is 0.251 e. The van der Waals surface area contributed by atoms with Crippen molar-refractivity contribution in [1.29, 1.82) is 0 Å². The largest absolute Gasteiger partial charge is 0.467 e. The monoisotopic (exact) mass is 471 g/mol. The molecule has 0 spiro atoms. The molecule has 35 heavy (non-hydrogen) atoms. The minimum atomic E-state index is -0.261. The van der Waals surface area contributed by atoms with Gasteiger partial charge >= 0.3 is 0 Å². The minimum Gasteiger partial charge on any atom is -0.467 e. The third kappa shape index (κ3) is 6.35. The van der Waals surface area contributed by atoms with E-state index in [1.165, 1.54) is 0 Å². The number of benzene rings is 3. The van der Waals surface area contributed by atoms with Gasteiger partial charge in [-0.1, -0.05) is 0 Å². The summed E-state index contributed by atoms with van der Waals surface area (Å²) in [5.41, 5.74) is 2.54. The fourth-order valence-corrected chi connectivity index (χ4v) is 3.40. The molecule has 0 aliphatic heterocycles. The predicted molar refractivity (Wildman–Crippen MR) is 138 cm³/mol. The van der Waals surface area contributed by atoms with Crippen LogP contribution in [-0.2, 0) is 6.54 Å². The van der Waals surface area contributed by atoms with Crippen molar-refractivity contribution in [2.75, 3.05) is 38.0 Å². The van der Waals surface area contributed by atoms with E-state index in [-0.39, 0.29) is 12.5 Å². The molecule has 4 aromatic rings. The Morgan fingerprint density at radius 1 is 0.743 bits per heavy atom. The number of furan rings is 1. The quantitative estimate of drug-likeness (QED) is 0.327. The molecule has 4 rings (SSSR count). The van der Waals surface area contributed by atoms with Crippen molar-refractivity contribution < 1.29 is 18.7 Å². The van der Waals surface area contributed by atoms with E-state index in [0.29, 0.717) is 34.3 Å². The van der Waals surface area contributed by atoms with Crippen LogP contribution in [0.4, 0.5) is 11.4 Å². The number of ether oxygens (including phenoxy) is 2. The Kier molecular flexibility index (Phi) is 7.26. The Morgan fingerprint density at radius 3 is 1.69 bits per heavy atom. The number of nitrogens with zero attached hydrogens (tertiary/aromatic N) is 2. The van der Waals surface area contributed by atoms with E-state index in [0.717, 1.165) is 11.4 Å². The van der Waals surface area contributed by atoms with E-state index < -0.39 is 0 Å². The zero-order chi connectivity index (χ0) is 24.8. The summed E-state index contributed by atoms with van der Waals surface area (Å²) in [7, 11) is 7.93. The molecular formula is C28H29N3O4. The average molecular weight is 472 g/mol. The average Bonchev–Trinajstić information content (AvgIpc) is 3.37. The molecule has 0 unspecified atom stereocenters. The van der Waals surface area contributed by atoms with Crippen molar-refractivity contribution in [3.8, 4) is 23.0 Å². The topological polar surface area (TPSA) is 67.2 Å². The highest BCUT2D eigenvalue weighted by Gasteiger charge is 2.13. The molecule has 1 N–H and O–H groups in total. The number of hydrogen-bond donors (Lipinski definition) is 1. The van der Waals surface area contributed by atoms with Crippen LogP contribution >= 0.6 is 0 Å². The fraction of sp³-hybridized carbons (Fsp3) is 0.179.